The van der Waals surface area contributed by atoms with Gasteiger partial charge in [0.2, 0.25) is 0 Å². The molecule has 1 nitrogen and oxygen atoms in total. The van der Waals surface area contributed by atoms with Crippen LogP contribution in [-0.4, -0.2) is 0 Å². The molecule has 1 aromatic carbocycles. The molecule has 0 aliphatic heterocycles. The smallest absolute Gasteiger partial charge is 0.0696 e. The van der Waals surface area contributed by atoms with E-state index in [1.54, 1.807) is 0 Å². The first-order valence-electron chi connectivity index (χ1n) is 6.37. The molecule has 3 atom stereocenters. The summed E-state index contributed by atoms with van der Waals surface area (Å²) in [7, 11) is 0. The Bertz CT molecular complexity index is 476. The molecular formula is C15H16ClN. The van der Waals surface area contributed by atoms with E-state index in [1.807, 2.05) is 18.2 Å². The quantitative estimate of drug-likeness (QED) is 0.766. The van der Waals surface area contributed by atoms with E-state index in [0.29, 0.717) is 5.92 Å². The number of halogens is 1. The van der Waals surface area contributed by atoms with E-state index in [0.717, 1.165) is 23.8 Å². The molecule has 2 aliphatic rings. The number of nitriles is 1. The maximum atomic E-state index is 9.59. The van der Waals surface area contributed by atoms with Crippen molar-refractivity contribution in [3.63, 3.8) is 0 Å². The van der Waals surface area contributed by atoms with E-state index in [2.05, 4.69) is 12.1 Å². The molecule has 3 unspecified atom stereocenters. The third-order valence-corrected chi connectivity index (χ3v) is 4.84. The SMILES string of the molecule is N#CC1(Cc2cccc(Cl)c2)CC2CCC1C2. The summed E-state index contributed by atoms with van der Waals surface area (Å²) >= 11 is 6.02. The van der Waals surface area contributed by atoms with Crippen LogP contribution in [0.4, 0.5) is 0 Å². The standard InChI is InChI=1S/C15H16ClN/c16-14-3-1-2-11(7-14)8-15(10-17)9-12-4-5-13(15)6-12/h1-3,7,12-13H,4-6,8-9H2. The maximum absolute atomic E-state index is 9.59. The molecule has 2 saturated carbocycles. The summed E-state index contributed by atoms with van der Waals surface area (Å²) in [4.78, 5) is 0. The Kier molecular flexibility index (Phi) is 2.64. The van der Waals surface area contributed by atoms with Crippen molar-refractivity contribution in [1.82, 2.24) is 0 Å². The lowest BCUT2D eigenvalue weighted by Crippen LogP contribution is -2.28. The van der Waals surface area contributed by atoms with Crippen molar-refractivity contribution in [1.29, 1.82) is 5.26 Å². The molecule has 1 aromatic rings. The van der Waals surface area contributed by atoms with E-state index in [-0.39, 0.29) is 5.41 Å². The summed E-state index contributed by atoms with van der Waals surface area (Å²) in [5.74, 6) is 1.43. The van der Waals surface area contributed by atoms with Crippen LogP contribution in [0, 0.1) is 28.6 Å². The first-order chi connectivity index (χ1) is 8.22. The molecule has 2 aliphatic carbocycles. The van der Waals surface area contributed by atoms with Crippen LogP contribution >= 0.6 is 11.6 Å². The molecule has 2 fully saturated rings. The first-order valence-corrected chi connectivity index (χ1v) is 6.75. The number of benzene rings is 1. The number of nitrogens with zero attached hydrogens (tertiary/aromatic N) is 1. The molecule has 0 radical (unpaired) electrons. The summed E-state index contributed by atoms with van der Waals surface area (Å²) in [6, 6.07) is 10.6. The van der Waals surface area contributed by atoms with Gasteiger partial charge in [0.05, 0.1) is 11.5 Å². The molecule has 88 valence electrons. The van der Waals surface area contributed by atoms with Gasteiger partial charge in [0.25, 0.3) is 0 Å². The minimum Gasteiger partial charge on any atom is -0.198 e. The van der Waals surface area contributed by atoms with E-state index in [4.69, 9.17) is 11.6 Å². The highest BCUT2D eigenvalue weighted by Crippen LogP contribution is 2.57. The van der Waals surface area contributed by atoms with E-state index in [1.165, 1.54) is 24.8 Å². The van der Waals surface area contributed by atoms with Gasteiger partial charge in [-0.1, -0.05) is 30.2 Å². The Morgan fingerprint density at radius 1 is 1.41 bits per heavy atom. The summed E-state index contributed by atoms with van der Waals surface area (Å²) in [6.45, 7) is 0. The fraction of sp³-hybridized carbons (Fsp3) is 0.533. The minimum atomic E-state index is -0.104. The summed E-state index contributed by atoms with van der Waals surface area (Å²) in [5.41, 5.74) is 1.11. The van der Waals surface area contributed by atoms with Crippen molar-refractivity contribution in [3.8, 4) is 6.07 Å². The average Bonchev–Trinajstić information content (AvgIpc) is 2.89. The summed E-state index contributed by atoms with van der Waals surface area (Å²) < 4.78 is 0. The lowest BCUT2D eigenvalue weighted by atomic mass is 9.70. The Morgan fingerprint density at radius 2 is 2.29 bits per heavy atom. The molecule has 2 bridgehead atoms. The second-order valence-electron chi connectivity index (χ2n) is 5.65. The fourth-order valence-corrected chi connectivity index (χ4v) is 4.06. The molecule has 3 rings (SSSR count). The molecule has 0 saturated heterocycles. The molecule has 0 amide bonds. The van der Waals surface area contributed by atoms with Crippen LogP contribution < -0.4 is 0 Å². The molecular weight excluding hydrogens is 230 g/mol. The van der Waals surface area contributed by atoms with Crippen LogP contribution in [0.1, 0.15) is 31.2 Å². The zero-order valence-corrected chi connectivity index (χ0v) is 10.6. The van der Waals surface area contributed by atoms with Crippen LogP contribution in [0.15, 0.2) is 24.3 Å². The molecule has 2 heteroatoms. The molecule has 0 aromatic heterocycles. The van der Waals surface area contributed by atoms with Crippen molar-refractivity contribution in [2.24, 2.45) is 17.3 Å². The number of hydrogen-bond donors (Lipinski definition) is 0. The van der Waals surface area contributed by atoms with Gasteiger partial charge in [-0.25, -0.2) is 0 Å². The lowest BCUT2D eigenvalue weighted by molar-refractivity contribution is 0.239. The van der Waals surface area contributed by atoms with Crippen molar-refractivity contribution in [2.75, 3.05) is 0 Å². The van der Waals surface area contributed by atoms with Gasteiger partial charge in [-0.15, -0.1) is 0 Å². The highest BCUT2D eigenvalue weighted by molar-refractivity contribution is 6.30. The molecule has 0 heterocycles. The fourth-order valence-electron chi connectivity index (χ4n) is 3.85. The average molecular weight is 246 g/mol. The maximum Gasteiger partial charge on any atom is 0.0696 e. The van der Waals surface area contributed by atoms with E-state index < -0.39 is 0 Å². The van der Waals surface area contributed by atoms with Gasteiger partial charge in [0, 0.05) is 5.02 Å². The Morgan fingerprint density at radius 3 is 2.88 bits per heavy atom. The second kappa shape index (κ2) is 4.03. The third kappa shape index (κ3) is 1.85. The molecule has 17 heavy (non-hydrogen) atoms. The van der Waals surface area contributed by atoms with Crippen molar-refractivity contribution < 1.29 is 0 Å². The van der Waals surface area contributed by atoms with Gasteiger partial charge < -0.3 is 0 Å². The molecule has 0 spiro atoms. The van der Waals surface area contributed by atoms with Gasteiger partial charge in [-0.2, -0.15) is 5.26 Å². The topological polar surface area (TPSA) is 23.8 Å². The Hall–Kier alpha value is -1.00. The first kappa shape index (κ1) is 11.1. The third-order valence-electron chi connectivity index (χ3n) is 4.61. The Labute approximate surface area is 107 Å². The van der Waals surface area contributed by atoms with Crippen LogP contribution in [0.2, 0.25) is 5.02 Å². The predicted molar refractivity (Wildman–Crippen MR) is 68.7 cm³/mol. The van der Waals surface area contributed by atoms with Gasteiger partial charge in [-0.05, 0) is 55.2 Å². The normalized spacial score (nSPS) is 34.8. The lowest BCUT2D eigenvalue weighted by Gasteiger charge is -2.31. The highest BCUT2D eigenvalue weighted by Gasteiger charge is 2.51. The monoisotopic (exact) mass is 245 g/mol. The van der Waals surface area contributed by atoms with Gasteiger partial charge in [0.1, 0.15) is 0 Å². The number of rotatable bonds is 2. The van der Waals surface area contributed by atoms with Crippen LogP contribution in [0.5, 0.6) is 0 Å². The minimum absolute atomic E-state index is 0.104. The number of hydrogen-bond acceptors (Lipinski definition) is 1. The Balaban J connectivity index is 1.86. The van der Waals surface area contributed by atoms with Crippen LogP contribution in [0.25, 0.3) is 0 Å². The van der Waals surface area contributed by atoms with E-state index >= 15 is 0 Å². The van der Waals surface area contributed by atoms with Gasteiger partial charge in [-0.3, -0.25) is 0 Å². The van der Waals surface area contributed by atoms with Crippen molar-refractivity contribution in [2.45, 2.75) is 32.1 Å². The summed E-state index contributed by atoms with van der Waals surface area (Å²) in [6.07, 6.45) is 5.84. The second-order valence-corrected chi connectivity index (χ2v) is 6.09. The predicted octanol–water partition coefficient (Wildman–Crippen LogP) is 4.21. The molecule has 0 N–H and O–H groups in total. The van der Waals surface area contributed by atoms with Crippen molar-refractivity contribution in [3.05, 3.63) is 34.9 Å². The summed E-state index contributed by atoms with van der Waals surface area (Å²) in [5, 5.41) is 10.4. The highest BCUT2D eigenvalue weighted by atomic mass is 35.5. The van der Waals surface area contributed by atoms with Crippen LogP contribution in [-0.2, 0) is 6.42 Å². The van der Waals surface area contributed by atoms with Crippen LogP contribution in [0.3, 0.4) is 0 Å². The zero-order valence-electron chi connectivity index (χ0n) is 9.82. The van der Waals surface area contributed by atoms with E-state index in [9.17, 15) is 5.26 Å². The van der Waals surface area contributed by atoms with Gasteiger partial charge >= 0.3 is 0 Å². The zero-order chi connectivity index (χ0) is 11.9. The van der Waals surface area contributed by atoms with Crippen molar-refractivity contribution >= 4 is 11.6 Å². The largest absolute Gasteiger partial charge is 0.198 e. The van der Waals surface area contributed by atoms with Gasteiger partial charge in [0.15, 0.2) is 0 Å². The number of fused-ring (bicyclic) bond motifs is 2.